The number of benzene rings is 4. The summed E-state index contributed by atoms with van der Waals surface area (Å²) >= 11 is 0. The number of rotatable bonds is 8. The maximum Gasteiger partial charge on any atom is 0.261 e. The molecule has 0 saturated carbocycles. The minimum absolute atomic E-state index is 0.0109. The molecule has 0 amide bonds. The van der Waals surface area contributed by atoms with Crippen LogP contribution in [-0.4, -0.2) is 25.1 Å². The Balaban J connectivity index is 1.77. The van der Waals surface area contributed by atoms with Crippen LogP contribution >= 0.6 is 0 Å². The number of carbonyl (C=O) groups excluding carboxylic acids is 2. The Bertz CT molecular complexity index is 1410. The largest absolute Gasteiger partial charge is 0.508 e. The molecule has 0 aliphatic rings. The van der Waals surface area contributed by atoms with E-state index in [0.29, 0.717) is 11.1 Å². The van der Waals surface area contributed by atoms with Crippen LogP contribution in [0.4, 0.5) is 5.69 Å². The fourth-order valence-corrected chi connectivity index (χ4v) is 4.77. The fraction of sp³-hybridized carbons (Fsp3) is 0.0714. The third-order valence-electron chi connectivity index (χ3n) is 5.56. The molecule has 4 rings (SSSR count). The van der Waals surface area contributed by atoms with Gasteiger partial charge < -0.3 is 5.11 Å². The van der Waals surface area contributed by atoms with Gasteiger partial charge in [0.15, 0.2) is 11.6 Å². The average molecular weight is 486 g/mol. The summed E-state index contributed by atoms with van der Waals surface area (Å²) in [6.07, 6.45) is 0. The van der Waals surface area contributed by atoms with Crippen molar-refractivity contribution in [1.82, 2.24) is 0 Å². The van der Waals surface area contributed by atoms with Crippen molar-refractivity contribution >= 4 is 27.3 Å². The minimum atomic E-state index is -3.93. The zero-order valence-corrected chi connectivity index (χ0v) is 19.7. The standard InChI is InChI=1S/C28H23NO5S/c1-19-12-15-23(16-13-19)35(33,34)29-22-14-17-25(30)24(18-22)26(27(31)20-8-4-2-5-9-20)28(32)21-10-6-3-7-11-21/h2-18,26,29-30H,1H3. The normalized spacial score (nSPS) is 11.3. The van der Waals surface area contributed by atoms with Crippen LogP contribution in [0.1, 0.15) is 37.8 Å². The molecule has 0 spiro atoms. The molecule has 7 heteroatoms. The molecule has 2 N–H and O–H groups in total. The predicted molar refractivity (Wildman–Crippen MR) is 134 cm³/mol. The SMILES string of the molecule is Cc1ccc(S(=O)(=O)Nc2ccc(O)c(C(C(=O)c3ccccc3)C(=O)c3ccccc3)c2)cc1. The van der Waals surface area contributed by atoms with Crippen LogP contribution in [0.15, 0.2) is 108 Å². The van der Waals surface area contributed by atoms with Gasteiger partial charge in [-0.3, -0.25) is 14.3 Å². The highest BCUT2D eigenvalue weighted by atomic mass is 32.2. The summed E-state index contributed by atoms with van der Waals surface area (Å²) in [5, 5.41) is 10.7. The molecule has 0 unspecified atom stereocenters. The molecule has 0 radical (unpaired) electrons. The van der Waals surface area contributed by atoms with Crippen molar-refractivity contribution in [2.24, 2.45) is 0 Å². The Morgan fingerprint density at radius 3 is 1.77 bits per heavy atom. The Morgan fingerprint density at radius 2 is 1.26 bits per heavy atom. The average Bonchev–Trinajstić information content (AvgIpc) is 2.87. The van der Waals surface area contributed by atoms with Crippen LogP contribution in [0.5, 0.6) is 5.75 Å². The number of phenolic OH excluding ortho intramolecular Hbond substituents is 1. The Hall–Kier alpha value is -4.23. The lowest BCUT2D eigenvalue weighted by Crippen LogP contribution is -2.23. The summed E-state index contributed by atoms with van der Waals surface area (Å²) in [6, 6.07) is 26.9. The number of sulfonamides is 1. The first kappa shape index (κ1) is 23.9. The van der Waals surface area contributed by atoms with E-state index in [1.54, 1.807) is 72.8 Å². The third-order valence-corrected chi connectivity index (χ3v) is 6.96. The molecule has 4 aromatic rings. The van der Waals surface area contributed by atoms with Crippen molar-refractivity contribution < 1.29 is 23.1 Å². The molecule has 4 aromatic carbocycles. The van der Waals surface area contributed by atoms with E-state index in [2.05, 4.69) is 4.72 Å². The van der Waals surface area contributed by atoms with Crippen molar-refractivity contribution in [2.45, 2.75) is 17.7 Å². The second kappa shape index (κ2) is 9.95. The molecule has 0 aliphatic carbocycles. The molecule has 0 saturated heterocycles. The van der Waals surface area contributed by atoms with Crippen molar-refractivity contribution in [3.63, 3.8) is 0 Å². The first-order chi connectivity index (χ1) is 16.8. The lowest BCUT2D eigenvalue weighted by molar-refractivity contribution is 0.0858. The molecule has 6 nitrogen and oxygen atoms in total. The van der Waals surface area contributed by atoms with E-state index < -0.39 is 27.5 Å². The molecule has 0 heterocycles. The number of carbonyl (C=O) groups is 2. The smallest absolute Gasteiger partial charge is 0.261 e. The van der Waals surface area contributed by atoms with Crippen LogP contribution in [-0.2, 0) is 10.0 Å². The topological polar surface area (TPSA) is 101 Å². The van der Waals surface area contributed by atoms with Gasteiger partial charge in [0, 0.05) is 22.4 Å². The zero-order chi connectivity index (χ0) is 25.0. The molecule has 0 atom stereocenters. The van der Waals surface area contributed by atoms with Gasteiger partial charge in [-0.2, -0.15) is 0 Å². The summed E-state index contributed by atoms with van der Waals surface area (Å²) < 4.78 is 28.2. The number of Topliss-reactive ketones (excluding diaryl/α,β-unsaturated/α-hetero) is 2. The van der Waals surface area contributed by atoms with Gasteiger partial charge in [-0.15, -0.1) is 0 Å². The highest BCUT2D eigenvalue weighted by molar-refractivity contribution is 7.92. The number of aromatic hydroxyl groups is 1. The third kappa shape index (κ3) is 5.31. The van der Waals surface area contributed by atoms with Gasteiger partial charge in [0.1, 0.15) is 11.7 Å². The number of hydrogen-bond acceptors (Lipinski definition) is 5. The van der Waals surface area contributed by atoms with E-state index in [0.717, 1.165) is 5.56 Å². The van der Waals surface area contributed by atoms with E-state index in [-0.39, 0.29) is 21.9 Å². The Kier molecular flexibility index (Phi) is 6.80. The molecule has 35 heavy (non-hydrogen) atoms. The number of aryl methyl sites for hydroxylation is 1. The van der Waals surface area contributed by atoms with E-state index in [1.807, 2.05) is 6.92 Å². The second-order valence-electron chi connectivity index (χ2n) is 8.09. The van der Waals surface area contributed by atoms with Gasteiger partial charge in [0.2, 0.25) is 0 Å². The van der Waals surface area contributed by atoms with Gasteiger partial charge in [-0.25, -0.2) is 8.42 Å². The van der Waals surface area contributed by atoms with Crippen LogP contribution in [0.3, 0.4) is 0 Å². The first-order valence-corrected chi connectivity index (χ1v) is 12.4. The zero-order valence-electron chi connectivity index (χ0n) is 18.9. The molecular weight excluding hydrogens is 462 g/mol. The molecule has 0 fully saturated rings. The maximum atomic E-state index is 13.5. The molecule has 0 aromatic heterocycles. The van der Waals surface area contributed by atoms with Gasteiger partial charge in [-0.1, -0.05) is 78.4 Å². The van der Waals surface area contributed by atoms with E-state index in [1.165, 1.54) is 30.3 Å². The molecular formula is C28H23NO5S. The lowest BCUT2D eigenvalue weighted by Gasteiger charge is -2.18. The van der Waals surface area contributed by atoms with Crippen molar-refractivity contribution in [3.05, 3.63) is 125 Å². The fourth-order valence-electron chi connectivity index (χ4n) is 3.72. The number of nitrogens with one attached hydrogen (secondary N) is 1. The lowest BCUT2D eigenvalue weighted by atomic mass is 9.84. The Morgan fingerprint density at radius 1 is 0.743 bits per heavy atom. The molecule has 0 bridgehead atoms. The predicted octanol–water partition coefficient (Wildman–Crippen LogP) is 5.35. The van der Waals surface area contributed by atoms with Gasteiger partial charge in [-0.05, 0) is 37.3 Å². The number of anilines is 1. The molecule has 176 valence electrons. The van der Waals surface area contributed by atoms with Crippen LogP contribution < -0.4 is 4.72 Å². The highest BCUT2D eigenvalue weighted by Crippen LogP contribution is 2.34. The summed E-state index contributed by atoms with van der Waals surface area (Å²) in [4.78, 5) is 27.0. The van der Waals surface area contributed by atoms with Gasteiger partial charge in [0.05, 0.1) is 4.90 Å². The summed E-state index contributed by atoms with van der Waals surface area (Å²) in [6.45, 7) is 1.85. The molecule has 0 aliphatic heterocycles. The van der Waals surface area contributed by atoms with E-state index in [4.69, 9.17) is 0 Å². The monoisotopic (exact) mass is 485 g/mol. The van der Waals surface area contributed by atoms with Crippen LogP contribution in [0.2, 0.25) is 0 Å². The summed E-state index contributed by atoms with van der Waals surface area (Å²) in [5.74, 6) is -2.67. The van der Waals surface area contributed by atoms with Gasteiger partial charge in [0.25, 0.3) is 10.0 Å². The number of ketones is 2. The Labute approximate surface area is 203 Å². The number of hydrogen-bond donors (Lipinski definition) is 2. The van der Waals surface area contributed by atoms with Crippen LogP contribution in [0.25, 0.3) is 0 Å². The van der Waals surface area contributed by atoms with Crippen molar-refractivity contribution in [2.75, 3.05) is 4.72 Å². The van der Waals surface area contributed by atoms with Crippen LogP contribution in [0, 0.1) is 6.92 Å². The number of phenols is 1. The van der Waals surface area contributed by atoms with E-state index in [9.17, 15) is 23.1 Å². The first-order valence-electron chi connectivity index (χ1n) is 10.9. The summed E-state index contributed by atoms with van der Waals surface area (Å²) in [5.41, 5.74) is 1.64. The highest BCUT2D eigenvalue weighted by Gasteiger charge is 2.32. The van der Waals surface area contributed by atoms with E-state index >= 15 is 0 Å². The van der Waals surface area contributed by atoms with Crippen molar-refractivity contribution in [1.29, 1.82) is 0 Å². The van der Waals surface area contributed by atoms with Crippen molar-refractivity contribution in [3.8, 4) is 5.75 Å². The maximum absolute atomic E-state index is 13.5. The quantitative estimate of drug-likeness (QED) is 0.199. The summed E-state index contributed by atoms with van der Waals surface area (Å²) in [7, 11) is -3.93. The second-order valence-corrected chi connectivity index (χ2v) is 9.77. The van der Waals surface area contributed by atoms with Gasteiger partial charge >= 0.3 is 0 Å². The minimum Gasteiger partial charge on any atom is -0.508 e.